The van der Waals surface area contributed by atoms with Gasteiger partial charge in [0.15, 0.2) is 0 Å². The van der Waals surface area contributed by atoms with E-state index in [0.29, 0.717) is 12.7 Å². The second-order valence-corrected chi connectivity index (χ2v) is 7.75. The van der Waals surface area contributed by atoms with Crippen LogP contribution in [0.4, 0.5) is 0 Å². The molecule has 0 amide bonds. The average molecular weight is 283 g/mol. The van der Waals surface area contributed by atoms with Gasteiger partial charge in [-0.15, -0.1) is 0 Å². The summed E-state index contributed by atoms with van der Waals surface area (Å²) in [5.41, 5.74) is 0. The van der Waals surface area contributed by atoms with E-state index in [2.05, 4.69) is 0 Å². The van der Waals surface area contributed by atoms with E-state index in [9.17, 15) is 8.42 Å². The minimum Gasteiger partial charge on any atom is -0.378 e. The monoisotopic (exact) mass is 282 g/mol. The van der Waals surface area contributed by atoms with Crippen molar-refractivity contribution in [3.63, 3.8) is 0 Å². The summed E-state index contributed by atoms with van der Waals surface area (Å²) in [4.78, 5) is 0. The Hall–Kier alpha value is 0.200. The minimum atomic E-state index is -3.40. The van der Waals surface area contributed by atoms with Gasteiger partial charge < -0.3 is 4.74 Å². The molecule has 1 aliphatic carbocycles. The molecular formula is C12H23ClO3S. The number of halogens is 1. The van der Waals surface area contributed by atoms with E-state index in [0.717, 1.165) is 19.3 Å². The van der Waals surface area contributed by atoms with Crippen LogP contribution in [0.5, 0.6) is 0 Å². The van der Waals surface area contributed by atoms with Crippen LogP contribution in [0.15, 0.2) is 0 Å². The molecule has 0 radical (unpaired) electrons. The lowest BCUT2D eigenvalue weighted by atomic mass is 10.1. The zero-order chi connectivity index (χ0) is 12.7. The molecule has 0 saturated heterocycles. The van der Waals surface area contributed by atoms with Crippen LogP contribution in [0.1, 0.15) is 51.9 Å². The largest absolute Gasteiger partial charge is 0.378 e. The molecule has 3 nitrogen and oxygen atoms in total. The highest BCUT2D eigenvalue weighted by Gasteiger charge is 2.18. The predicted octanol–water partition coefficient (Wildman–Crippen LogP) is 3.32. The topological polar surface area (TPSA) is 43.4 Å². The van der Waals surface area contributed by atoms with Crippen LogP contribution in [-0.4, -0.2) is 26.9 Å². The fraction of sp³-hybridized carbons (Fsp3) is 1.00. The van der Waals surface area contributed by atoms with E-state index < -0.39 is 9.05 Å². The summed E-state index contributed by atoms with van der Waals surface area (Å²) in [7, 11) is 1.87. The molecular weight excluding hydrogens is 260 g/mol. The van der Waals surface area contributed by atoms with Gasteiger partial charge in [-0.3, -0.25) is 0 Å². The van der Waals surface area contributed by atoms with Gasteiger partial charge in [0.1, 0.15) is 0 Å². The van der Waals surface area contributed by atoms with Crippen molar-refractivity contribution in [2.24, 2.45) is 5.92 Å². The van der Waals surface area contributed by atoms with Gasteiger partial charge in [0.2, 0.25) is 9.05 Å². The number of hydrogen-bond acceptors (Lipinski definition) is 3. The molecule has 0 N–H and O–H groups in total. The highest BCUT2D eigenvalue weighted by atomic mass is 35.7. The fourth-order valence-corrected chi connectivity index (χ4v) is 3.68. The zero-order valence-electron chi connectivity index (χ0n) is 10.5. The number of hydrogen-bond donors (Lipinski definition) is 0. The van der Waals surface area contributed by atoms with Crippen LogP contribution < -0.4 is 0 Å². The van der Waals surface area contributed by atoms with Crippen LogP contribution in [0.3, 0.4) is 0 Å². The van der Waals surface area contributed by atoms with Gasteiger partial charge in [-0.25, -0.2) is 8.42 Å². The Bertz CT molecular complexity index is 295. The molecule has 1 rings (SSSR count). The second kappa shape index (κ2) is 7.59. The maximum absolute atomic E-state index is 11.0. The third kappa shape index (κ3) is 7.27. The summed E-state index contributed by atoms with van der Waals surface area (Å²) >= 11 is 0. The molecule has 0 aromatic carbocycles. The predicted molar refractivity (Wildman–Crippen MR) is 70.9 cm³/mol. The molecule has 5 heteroatoms. The summed E-state index contributed by atoms with van der Waals surface area (Å²) in [6, 6.07) is 0. The number of rotatable bonds is 6. The van der Waals surface area contributed by atoms with Crippen LogP contribution in [0, 0.1) is 5.92 Å². The van der Waals surface area contributed by atoms with Crippen molar-refractivity contribution in [1.29, 1.82) is 0 Å². The molecule has 1 unspecified atom stereocenters. The van der Waals surface area contributed by atoms with Crippen LogP contribution in [-0.2, 0) is 13.8 Å². The van der Waals surface area contributed by atoms with Gasteiger partial charge in [0.05, 0.1) is 18.5 Å². The van der Waals surface area contributed by atoms with Crippen LogP contribution in [0.25, 0.3) is 0 Å². The molecule has 1 fully saturated rings. The first-order valence-electron chi connectivity index (χ1n) is 6.55. The molecule has 0 spiro atoms. The summed E-state index contributed by atoms with van der Waals surface area (Å²) in [5.74, 6) is 0.0540. The van der Waals surface area contributed by atoms with Crippen molar-refractivity contribution in [2.75, 3.05) is 12.4 Å². The second-order valence-electron chi connectivity index (χ2n) is 4.93. The Morgan fingerprint density at radius 1 is 1.24 bits per heavy atom. The lowest BCUT2D eigenvalue weighted by Crippen LogP contribution is -2.22. The molecule has 0 aliphatic heterocycles. The van der Waals surface area contributed by atoms with Crippen molar-refractivity contribution < 1.29 is 13.2 Å². The Labute approximate surface area is 109 Å². The van der Waals surface area contributed by atoms with E-state index >= 15 is 0 Å². The third-order valence-electron chi connectivity index (χ3n) is 3.38. The first kappa shape index (κ1) is 15.3. The molecule has 0 aromatic heterocycles. The van der Waals surface area contributed by atoms with Crippen LogP contribution in [0.2, 0.25) is 0 Å². The van der Waals surface area contributed by atoms with Crippen molar-refractivity contribution in [3.8, 4) is 0 Å². The van der Waals surface area contributed by atoms with Crippen molar-refractivity contribution in [1.82, 2.24) is 0 Å². The average Bonchev–Trinajstić information content (AvgIpc) is 2.51. The Balaban J connectivity index is 2.31. The fourth-order valence-electron chi connectivity index (χ4n) is 2.25. The lowest BCUT2D eigenvalue weighted by molar-refractivity contribution is 0.0237. The molecule has 0 bridgehead atoms. The van der Waals surface area contributed by atoms with Crippen molar-refractivity contribution >= 4 is 19.7 Å². The van der Waals surface area contributed by atoms with E-state index in [1.165, 1.54) is 25.7 Å². The SMILES string of the molecule is CCC(COC1CCCCCC1)CS(=O)(=O)Cl. The minimum absolute atomic E-state index is 0.0256. The Morgan fingerprint density at radius 3 is 2.29 bits per heavy atom. The maximum Gasteiger partial charge on any atom is 0.232 e. The molecule has 1 atom stereocenters. The zero-order valence-corrected chi connectivity index (χ0v) is 12.1. The number of ether oxygens (including phenoxy) is 1. The molecule has 1 aliphatic rings. The maximum atomic E-state index is 11.0. The third-order valence-corrected chi connectivity index (χ3v) is 4.63. The molecule has 1 saturated carbocycles. The Morgan fingerprint density at radius 2 is 1.82 bits per heavy atom. The van der Waals surface area contributed by atoms with Gasteiger partial charge in [0, 0.05) is 10.7 Å². The molecule has 0 heterocycles. The summed E-state index contributed by atoms with van der Waals surface area (Å²) in [6.45, 7) is 2.50. The normalized spacial score (nSPS) is 21.1. The Kier molecular flexibility index (Phi) is 6.82. The van der Waals surface area contributed by atoms with Gasteiger partial charge >= 0.3 is 0 Å². The van der Waals surface area contributed by atoms with Crippen molar-refractivity contribution in [2.45, 2.75) is 58.0 Å². The quantitative estimate of drug-likeness (QED) is 0.554. The van der Waals surface area contributed by atoms with Gasteiger partial charge in [-0.2, -0.15) is 0 Å². The van der Waals surface area contributed by atoms with Gasteiger partial charge in [0.25, 0.3) is 0 Å². The molecule has 102 valence electrons. The standard InChI is InChI=1S/C12H23ClO3S/c1-2-11(10-17(13,14)15)9-16-12-7-5-3-4-6-8-12/h11-12H,2-10H2,1H3. The first-order chi connectivity index (χ1) is 8.01. The highest BCUT2D eigenvalue weighted by Crippen LogP contribution is 2.21. The first-order valence-corrected chi connectivity index (χ1v) is 9.03. The lowest BCUT2D eigenvalue weighted by Gasteiger charge is -2.19. The smallest absolute Gasteiger partial charge is 0.232 e. The van der Waals surface area contributed by atoms with E-state index in [4.69, 9.17) is 15.4 Å². The summed E-state index contributed by atoms with van der Waals surface area (Å²) < 4.78 is 27.9. The highest BCUT2D eigenvalue weighted by molar-refractivity contribution is 8.13. The van der Waals surface area contributed by atoms with Crippen molar-refractivity contribution in [3.05, 3.63) is 0 Å². The summed E-state index contributed by atoms with van der Waals surface area (Å²) in [5, 5.41) is 0. The van der Waals surface area contributed by atoms with Gasteiger partial charge in [-0.1, -0.05) is 39.0 Å². The van der Waals surface area contributed by atoms with Gasteiger partial charge in [-0.05, 0) is 18.8 Å². The van der Waals surface area contributed by atoms with E-state index in [1.54, 1.807) is 0 Å². The van der Waals surface area contributed by atoms with Crippen LogP contribution >= 0.6 is 10.7 Å². The van der Waals surface area contributed by atoms with E-state index in [-0.39, 0.29) is 11.7 Å². The van der Waals surface area contributed by atoms with E-state index in [1.807, 2.05) is 6.92 Å². The summed E-state index contributed by atoms with van der Waals surface area (Å²) in [6.07, 6.45) is 8.40. The molecule has 0 aromatic rings. The molecule has 17 heavy (non-hydrogen) atoms.